The Hall–Kier alpha value is -2.12. The highest BCUT2D eigenvalue weighted by Gasteiger charge is 2.18. The molecule has 1 aromatic heterocycles. The van der Waals surface area contributed by atoms with Gasteiger partial charge in [0, 0.05) is 22.5 Å². The molecule has 0 fully saturated rings. The molecule has 128 valence electrons. The van der Waals surface area contributed by atoms with Gasteiger partial charge in [0.15, 0.2) is 0 Å². The van der Waals surface area contributed by atoms with Gasteiger partial charge in [0.1, 0.15) is 4.88 Å². The lowest BCUT2D eigenvalue weighted by Crippen LogP contribution is -2.40. The topological polar surface area (TPSA) is 95.5 Å². The van der Waals surface area contributed by atoms with Gasteiger partial charge in [-0.15, -0.1) is 11.3 Å². The number of carboxylic acids is 1. The van der Waals surface area contributed by atoms with Gasteiger partial charge < -0.3 is 15.7 Å². The molecule has 0 aliphatic carbocycles. The molecule has 1 heterocycles. The molecule has 2 amide bonds. The van der Waals surface area contributed by atoms with Gasteiger partial charge in [-0.05, 0) is 19.4 Å². The first-order valence-corrected chi connectivity index (χ1v) is 8.54. The summed E-state index contributed by atoms with van der Waals surface area (Å²) in [6.45, 7) is 1.52. The number of carbonyl (C=O) groups excluding carboxylic acids is 2. The summed E-state index contributed by atoms with van der Waals surface area (Å²) in [6, 6.07) is 7.14. The summed E-state index contributed by atoms with van der Waals surface area (Å²) in [5.74, 6) is -1.70. The minimum absolute atomic E-state index is 0.0226. The third-order valence-corrected chi connectivity index (χ3v) is 5.02. The quantitative estimate of drug-likeness (QED) is 0.700. The summed E-state index contributed by atoms with van der Waals surface area (Å²) in [5.41, 5.74) is 0. The minimum Gasteiger partial charge on any atom is -0.481 e. The van der Waals surface area contributed by atoms with Gasteiger partial charge in [0.25, 0.3) is 5.91 Å². The van der Waals surface area contributed by atoms with Crippen LogP contribution in [0, 0.1) is 0 Å². The van der Waals surface area contributed by atoms with Crippen molar-refractivity contribution in [3.63, 3.8) is 0 Å². The number of rotatable bonds is 7. The van der Waals surface area contributed by atoms with Crippen LogP contribution in [0.5, 0.6) is 0 Å². The summed E-state index contributed by atoms with van der Waals surface area (Å²) in [7, 11) is 0. The minimum atomic E-state index is -0.913. The van der Waals surface area contributed by atoms with E-state index in [1.165, 1.54) is 11.3 Å². The molecule has 24 heavy (non-hydrogen) atoms. The van der Waals surface area contributed by atoms with Gasteiger partial charge in [-0.1, -0.05) is 29.8 Å². The number of benzene rings is 1. The molecule has 0 aliphatic rings. The second-order valence-corrected chi connectivity index (χ2v) is 6.76. The van der Waals surface area contributed by atoms with Crippen LogP contribution >= 0.6 is 22.9 Å². The molecule has 3 N–H and O–H groups in total. The summed E-state index contributed by atoms with van der Waals surface area (Å²) >= 11 is 7.48. The molecule has 1 atom stereocenters. The van der Waals surface area contributed by atoms with Crippen molar-refractivity contribution in [1.82, 2.24) is 10.6 Å². The van der Waals surface area contributed by atoms with Crippen LogP contribution in [0.3, 0.4) is 0 Å². The van der Waals surface area contributed by atoms with Gasteiger partial charge in [-0.25, -0.2) is 0 Å². The van der Waals surface area contributed by atoms with Gasteiger partial charge >= 0.3 is 5.97 Å². The third kappa shape index (κ3) is 4.69. The van der Waals surface area contributed by atoms with E-state index in [1.54, 1.807) is 6.92 Å². The van der Waals surface area contributed by atoms with E-state index < -0.39 is 11.9 Å². The highest BCUT2D eigenvalue weighted by atomic mass is 35.5. The number of halogens is 1. The van der Waals surface area contributed by atoms with E-state index in [9.17, 15) is 14.4 Å². The first kappa shape index (κ1) is 18.2. The number of nitrogens with one attached hydrogen (secondary N) is 2. The average Bonchev–Trinajstić information content (AvgIpc) is 2.88. The van der Waals surface area contributed by atoms with Crippen molar-refractivity contribution in [2.45, 2.75) is 25.8 Å². The SMILES string of the molecule is CC(CCC(=O)O)NC(=O)CNC(=O)c1sc2ccccc2c1Cl. The standard InChI is InChI=1S/C16H17ClN2O4S/c1-9(6-7-13(21)22)19-12(20)8-18-16(23)15-14(17)10-4-2-3-5-11(10)24-15/h2-5,9H,6-8H2,1H3,(H,18,23)(H,19,20)(H,21,22). The van der Waals surface area contributed by atoms with E-state index in [0.29, 0.717) is 16.3 Å². The predicted molar refractivity (Wildman–Crippen MR) is 93.6 cm³/mol. The molecule has 0 aliphatic heterocycles. The maximum atomic E-state index is 12.2. The number of hydrogen-bond acceptors (Lipinski definition) is 4. The fraction of sp³-hybridized carbons (Fsp3) is 0.312. The van der Waals surface area contributed by atoms with Crippen LogP contribution in [-0.4, -0.2) is 35.5 Å². The fourth-order valence-corrected chi connectivity index (χ4v) is 3.57. The first-order chi connectivity index (χ1) is 11.4. The smallest absolute Gasteiger partial charge is 0.303 e. The molecule has 8 heteroatoms. The zero-order chi connectivity index (χ0) is 17.7. The summed E-state index contributed by atoms with van der Waals surface area (Å²) in [5, 5.41) is 15.0. The van der Waals surface area contributed by atoms with Crippen molar-refractivity contribution in [2.24, 2.45) is 0 Å². The molecule has 0 saturated heterocycles. The number of aliphatic carboxylic acids is 1. The van der Waals surface area contributed by atoms with Crippen LogP contribution in [0.25, 0.3) is 10.1 Å². The second-order valence-electron chi connectivity index (χ2n) is 5.32. The maximum absolute atomic E-state index is 12.2. The molecular formula is C16H17ClN2O4S. The number of thiophene rings is 1. The van der Waals surface area contributed by atoms with Crippen LogP contribution in [0.2, 0.25) is 5.02 Å². The summed E-state index contributed by atoms with van der Waals surface area (Å²) < 4.78 is 0.902. The Morgan fingerprint density at radius 2 is 2.00 bits per heavy atom. The van der Waals surface area contributed by atoms with Crippen LogP contribution in [-0.2, 0) is 9.59 Å². The van der Waals surface area contributed by atoms with Gasteiger partial charge in [0.2, 0.25) is 5.91 Å². The molecule has 1 aromatic carbocycles. The zero-order valence-electron chi connectivity index (χ0n) is 13.0. The van der Waals surface area contributed by atoms with E-state index in [1.807, 2.05) is 24.3 Å². The summed E-state index contributed by atoms with van der Waals surface area (Å²) in [4.78, 5) is 34.8. The molecule has 0 spiro atoms. The Labute approximate surface area is 147 Å². The van der Waals surface area contributed by atoms with Gasteiger partial charge in [-0.3, -0.25) is 14.4 Å². The first-order valence-electron chi connectivity index (χ1n) is 7.35. The van der Waals surface area contributed by atoms with E-state index in [4.69, 9.17) is 16.7 Å². The number of fused-ring (bicyclic) bond motifs is 1. The Balaban J connectivity index is 1.89. The zero-order valence-corrected chi connectivity index (χ0v) is 14.5. The Morgan fingerprint density at radius 1 is 1.29 bits per heavy atom. The normalized spacial score (nSPS) is 11.9. The van der Waals surface area contributed by atoms with Crippen molar-refractivity contribution >= 4 is 50.8 Å². The average molecular weight is 369 g/mol. The molecule has 0 saturated carbocycles. The van der Waals surface area contributed by atoms with Crippen LogP contribution < -0.4 is 10.6 Å². The van der Waals surface area contributed by atoms with Crippen molar-refractivity contribution in [3.8, 4) is 0 Å². The van der Waals surface area contributed by atoms with Crippen molar-refractivity contribution < 1.29 is 19.5 Å². The van der Waals surface area contributed by atoms with E-state index >= 15 is 0 Å². The summed E-state index contributed by atoms with van der Waals surface area (Å²) in [6.07, 6.45) is 0.308. The number of carboxylic acid groups (broad SMARTS) is 1. The van der Waals surface area contributed by atoms with Crippen molar-refractivity contribution in [1.29, 1.82) is 0 Å². The number of hydrogen-bond donors (Lipinski definition) is 3. The van der Waals surface area contributed by atoms with E-state index in [2.05, 4.69) is 10.6 Å². The Kier molecular flexibility index (Phi) is 6.16. The Bertz CT molecular complexity index is 775. The van der Waals surface area contributed by atoms with E-state index in [-0.39, 0.29) is 24.9 Å². The lowest BCUT2D eigenvalue weighted by molar-refractivity contribution is -0.137. The van der Waals surface area contributed by atoms with Gasteiger partial charge in [-0.2, -0.15) is 0 Å². The van der Waals surface area contributed by atoms with Crippen LogP contribution in [0.4, 0.5) is 0 Å². The lowest BCUT2D eigenvalue weighted by Gasteiger charge is -2.13. The number of amides is 2. The second kappa shape index (κ2) is 8.12. The highest BCUT2D eigenvalue weighted by molar-refractivity contribution is 7.21. The molecule has 2 rings (SSSR count). The molecule has 2 aromatic rings. The van der Waals surface area contributed by atoms with E-state index in [0.717, 1.165) is 10.1 Å². The maximum Gasteiger partial charge on any atom is 0.303 e. The highest BCUT2D eigenvalue weighted by Crippen LogP contribution is 2.34. The third-order valence-electron chi connectivity index (χ3n) is 3.35. The lowest BCUT2D eigenvalue weighted by atomic mass is 10.2. The molecule has 0 radical (unpaired) electrons. The van der Waals surface area contributed by atoms with Crippen LogP contribution in [0.15, 0.2) is 24.3 Å². The number of carbonyl (C=O) groups is 3. The fourth-order valence-electron chi connectivity index (χ4n) is 2.14. The van der Waals surface area contributed by atoms with Crippen molar-refractivity contribution in [3.05, 3.63) is 34.2 Å². The molecule has 6 nitrogen and oxygen atoms in total. The van der Waals surface area contributed by atoms with Gasteiger partial charge in [0.05, 0.1) is 11.6 Å². The molecular weight excluding hydrogens is 352 g/mol. The molecule has 0 bridgehead atoms. The Morgan fingerprint density at radius 3 is 2.67 bits per heavy atom. The largest absolute Gasteiger partial charge is 0.481 e. The van der Waals surface area contributed by atoms with Crippen molar-refractivity contribution in [2.75, 3.05) is 6.54 Å². The monoisotopic (exact) mass is 368 g/mol. The van der Waals surface area contributed by atoms with Crippen LogP contribution in [0.1, 0.15) is 29.4 Å². The molecule has 1 unspecified atom stereocenters. The predicted octanol–water partition coefficient (Wildman–Crippen LogP) is 2.65.